The van der Waals surface area contributed by atoms with Gasteiger partial charge >= 0.3 is 0 Å². The topological polar surface area (TPSA) is 59.2 Å². The van der Waals surface area contributed by atoms with E-state index in [9.17, 15) is 9.18 Å². The van der Waals surface area contributed by atoms with Gasteiger partial charge in [-0.05, 0) is 55.1 Å². The minimum absolute atomic E-state index is 0.00387. The van der Waals surface area contributed by atoms with Gasteiger partial charge in [0.2, 0.25) is 5.91 Å². The van der Waals surface area contributed by atoms with E-state index in [1.54, 1.807) is 18.3 Å². The second-order valence-corrected chi connectivity index (χ2v) is 6.99. The Bertz CT molecular complexity index is 705. The first-order valence-electron chi connectivity index (χ1n) is 9.30. The summed E-state index contributed by atoms with van der Waals surface area (Å²) >= 11 is 0. The Morgan fingerprint density at radius 1 is 1.19 bits per heavy atom. The van der Waals surface area contributed by atoms with E-state index in [0.29, 0.717) is 26.1 Å². The molecule has 1 saturated carbocycles. The van der Waals surface area contributed by atoms with Gasteiger partial charge in [0.25, 0.3) is 0 Å². The van der Waals surface area contributed by atoms with Gasteiger partial charge in [-0.15, -0.1) is 0 Å². The van der Waals surface area contributed by atoms with Crippen molar-refractivity contribution >= 4 is 5.91 Å². The van der Waals surface area contributed by atoms with Crippen LogP contribution in [0, 0.1) is 17.7 Å². The second kappa shape index (κ2) is 8.90. The van der Waals surface area contributed by atoms with E-state index < -0.39 is 0 Å². The highest BCUT2D eigenvalue weighted by Crippen LogP contribution is 2.32. The number of carbonyl (C=O) groups is 1. The maximum absolute atomic E-state index is 13.2. The predicted octanol–water partition coefficient (Wildman–Crippen LogP) is 3.17. The Labute approximate surface area is 154 Å². The van der Waals surface area contributed by atoms with Crippen LogP contribution in [0.3, 0.4) is 0 Å². The van der Waals surface area contributed by atoms with Gasteiger partial charge in [0.05, 0.1) is 0 Å². The average molecular weight is 355 g/mol. The molecule has 4 nitrogen and oxygen atoms in total. The van der Waals surface area contributed by atoms with Crippen molar-refractivity contribution in [1.82, 2.24) is 9.88 Å². The van der Waals surface area contributed by atoms with Crippen molar-refractivity contribution < 1.29 is 9.18 Å². The number of aromatic nitrogens is 1. The zero-order chi connectivity index (χ0) is 18.4. The lowest BCUT2D eigenvalue weighted by Crippen LogP contribution is -2.39. The normalized spacial score (nSPS) is 19.5. The Balaban J connectivity index is 1.73. The van der Waals surface area contributed by atoms with Crippen molar-refractivity contribution in [3.8, 4) is 0 Å². The van der Waals surface area contributed by atoms with E-state index in [2.05, 4.69) is 4.98 Å². The predicted molar refractivity (Wildman–Crippen MR) is 99.6 cm³/mol. The number of pyridine rings is 1. The van der Waals surface area contributed by atoms with Gasteiger partial charge in [-0.3, -0.25) is 9.78 Å². The summed E-state index contributed by atoms with van der Waals surface area (Å²) in [5.74, 6) is 0.176. The van der Waals surface area contributed by atoms with Crippen LogP contribution in [0.1, 0.15) is 30.5 Å². The van der Waals surface area contributed by atoms with Crippen molar-refractivity contribution in [2.24, 2.45) is 17.6 Å². The van der Waals surface area contributed by atoms with Crippen molar-refractivity contribution in [2.45, 2.75) is 32.2 Å². The minimum atomic E-state index is -0.265. The van der Waals surface area contributed by atoms with E-state index in [1.165, 1.54) is 12.1 Å². The molecule has 0 radical (unpaired) electrons. The van der Waals surface area contributed by atoms with Crippen LogP contribution >= 0.6 is 0 Å². The fourth-order valence-electron chi connectivity index (χ4n) is 3.75. The molecule has 0 bridgehead atoms. The minimum Gasteiger partial charge on any atom is -0.338 e. The van der Waals surface area contributed by atoms with E-state index >= 15 is 0 Å². The molecular formula is C21H26FN3O. The number of carbonyl (C=O) groups excluding carboxylic acids is 1. The number of amides is 1. The molecule has 2 atom stereocenters. The summed E-state index contributed by atoms with van der Waals surface area (Å²) in [6.45, 7) is 1.64. The SMILES string of the molecule is NC[C@H]1CCC[C@H]1C(=O)N(CCc1ccccn1)Cc1ccc(F)cc1. The first-order chi connectivity index (χ1) is 12.7. The van der Waals surface area contributed by atoms with Crippen LogP contribution in [0.4, 0.5) is 4.39 Å². The molecule has 1 fully saturated rings. The smallest absolute Gasteiger partial charge is 0.226 e. The molecule has 1 amide bonds. The first-order valence-corrected chi connectivity index (χ1v) is 9.30. The summed E-state index contributed by atoms with van der Waals surface area (Å²) in [5.41, 5.74) is 7.77. The van der Waals surface area contributed by atoms with Crippen molar-refractivity contribution in [1.29, 1.82) is 0 Å². The summed E-state index contributed by atoms with van der Waals surface area (Å²) in [5, 5.41) is 0. The monoisotopic (exact) mass is 355 g/mol. The number of nitrogens with zero attached hydrogens (tertiary/aromatic N) is 2. The maximum Gasteiger partial charge on any atom is 0.226 e. The van der Waals surface area contributed by atoms with Gasteiger partial charge < -0.3 is 10.6 Å². The number of hydrogen-bond donors (Lipinski definition) is 1. The standard InChI is InChI=1S/C21H26FN3O/c22-18-9-7-16(8-10-18)15-25(13-11-19-5-1-2-12-24-19)21(26)20-6-3-4-17(20)14-23/h1-2,5,7-10,12,17,20H,3-4,6,11,13-15,23H2/t17-,20-/m1/s1. The lowest BCUT2D eigenvalue weighted by molar-refractivity contribution is -0.137. The van der Waals surface area contributed by atoms with Gasteiger partial charge in [0.15, 0.2) is 0 Å². The lowest BCUT2D eigenvalue weighted by atomic mass is 9.94. The van der Waals surface area contributed by atoms with E-state index in [0.717, 1.165) is 30.5 Å². The molecule has 1 aliphatic carbocycles. The molecule has 0 saturated heterocycles. The number of rotatable bonds is 7. The number of hydrogen-bond acceptors (Lipinski definition) is 3. The molecule has 5 heteroatoms. The highest BCUT2D eigenvalue weighted by molar-refractivity contribution is 5.79. The molecule has 0 unspecified atom stereocenters. The summed E-state index contributed by atoms with van der Waals surface area (Å²) in [4.78, 5) is 19.4. The molecule has 26 heavy (non-hydrogen) atoms. The molecule has 0 spiro atoms. The highest BCUT2D eigenvalue weighted by atomic mass is 19.1. The van der Waals surface area contributed by atoms with Gasteiger partial charge in [-0.1, -0.05) is 24.6 Å². The van der Waals surface area contributed by atoms with Crippen LogP contribution < -0.4 is 5.73 Å². The zero-order valence-electron chi connectivity index (χ0n) is 15.0. The largest absolute Gasteiger partial charge is 0.338 e. The molecule has 1 heterocycles. The first kappa shape index (κ1) is 18.5. The third-order valence-electron chi connectivity index (χ3n) is 5.24. The molecule has 3 rings (SSSR count). The molecule has 1 aromatic carbocycles. The Hall–Kier alpha value is -2.27. The van der Waals surface area contributed by atoms with Gasteiger partial charge in [0, 0.05) is 37.3 Å². The summed E-state index contributed by atoms with van der Waals surface area (Å²) < 4.78 is 13.2. The molecular weight excluding hydrogens is 329 g/mol. The van der Waals surface area contributed by atoms with Gasteiger partial charge in [-0.2, -0.15) is 0 Å². The molecule has 0 aliphatic heterocycles. The molecule has 2 N–H and O–H groups in total. The third-order valence-corrected chi connectivity index (χ3v) is 5.24. The fraction of sp³-hybridized carbons (Fsp3) is 0.429. The molecule has 1 aliphatic rings. The van der Waals surface area contributed by atoms with Gasteiger partial charge in [-0.25, -0.2) is 4.39 Å². The van der Waals surface area contributed by atoms with Crippen LogP contribution in [0.15, 0.2) is 48.7 Å². The summed E-state index contributed by atoms with van der Waals surface area (Å²) in [6, 6.07) is 12.2. The maximum atomic E-state index is 13.2. The fourth-order valence-corrected chi connectivity index (χ4v) is 3.75. The van der Waals surface area contributed by atoms with E-state index in [-0.39, 0.29) is 23.6 Å². The van der Waals surface area contributed by atoms with Crippen molar-refractivity contribution in [3.05, 3.63) is 65.7 Å². The number of benzene rings is 1. The quantitative estimate of drug-likeness (QED) is 0.830. The van der Waals surface area contributed by atoms with Crippen LogP contribution in [-0.2, 0) is 17.8 Å². The summed E-state index contributed by atoms with van der Waals surface area (Å²) in [6.07, 6.45) is 5.46. The van der Waals surface area contributed by atoms with Gasteiger partial charge in [0.1, 0.15) is 5.82 Å². The Kier molecular flexibility index (Phi) is 6.34. The third kappa shape index (κ3) is 4.67. The number of nitrogens with two attached hydrogens (primary N) is 1. The van der Waals surface area contributed by atoms with Crippen molar-refractivity contribution in [3.63, 3.8) is 0 Å². The van der Waals surface area contributed by atoms with Crippen LogP contribution in [0.25, 0.3) is 0 Å². The van der Waals surface area contributed by atoms with E-state index in [4.69, 9.17) is 5.73 Å². The van der Waals surface area contributed by atoms with Crippen LogP contribution in [-0.4, -0.2) is 28.9 Å². The molecule has 2 aromatic rings. The van der Waals surface area contributed by atoms with E-state index in [1.807, 2.05) is 23.1 Å². The molecule has 1 aromatic heterocycles. The number of halogens is 1. The van der Waals surface area contributed by atoms with Crippen molar-refractivity contribution in [2.75, 3.05) is 13.1 Å². The zero-order valence-corrected chi connectivity index (χ0v) is 15.0. The molecule has 138 valence electrons. The Morgan fingerprint density at radius 3 is 2.69 bits per heavy atom. The second-order valence-electron chi connectivity index (χ2n) is 6.99. The lowest BCUT2D eigenvalue weighted by Gasteiger charge is -2.28. The van der Waals surface area contributed by atoms with Crippen LogP contribution in [0.5, 0.6) is 0 Å². The van der Waals surface area contributed by atoms with Crippen LogP contribution in [0.2, 0.25) is 0 Å². The Morgan fingerprint density at radius 2 is 2.00 bits per heavy atom. The average Bonchev–Trinajstić information content (AvgIpc) is 3.15. The summed E-state index contributed by atoms with van der Waals surface area (Å²) in [7, 11) is 0. The highest BCUT2D eigenvalue weighted by Gasteiger charge is 2.34.